The number of aliphatic hydroxyl groups excluding tert-OH is 1. The summed E-state index contributed by atoms with van der Waals surface area (Å²) in [5.41, 5.74) is 0.676. The Bertz CT molecular complexity index is 521. The predicted octanol–water partition coefficient (Wildman–Crippen LogP) is 0.142. The second-order valence-electron chi connectivity index (χ2n) is 3.72. The smallest absolute Gasteiger partial charge is 0.348 e. The van der Waals surface area contributed by atoms with E-state index in [1.54, 1.807) is 30.3 Å². The number of hydrogen-bond acceptors (Lipinski definition) is 5. The minimum absolute atomic E-state index is 0.676. The third-order valence-corrected chi connectivity index (χ3v) is 2.24. The zero-order chi connectivity index (χ0) is 15.1. The highest BCUT2D eigenvalue weighted by Gasteiger charge is 2.35. The molecule has 20 heavy (non-hydrogen) atoms. The van der Waals surface area contributed by atoms with Gasteiger partial charge in [-0.1, -0.05) is 30.3 Å². The first-order valence-corrected chi connectivity index (χ1v) is 5.49. The second kappa shape index (κ2) is 7.05. The monoisotopic (exact) mass is 280 g/mol. The van der Waals surface area contributed by atoms with E-state index < -0.39 is 30.1 Å². The number of hydrogen-bond donors (Lipinski definition) is 3. The molecule has 0 saturated heterocycles. The average Bonchev–Trinajstić information content (AvgIpc) is 2.42. The molecule has 106 valence electrons. The van der Waals surface area contributed by atoms with E-state index in [1.165, 1.54) is 6.08 Å². The van der Waals surface area contributed by atoms with Gasteiger partial charge in [-0.05, 0) is 11.6 Å². The number of rotatable bonds is 6. The Morgan fingerprint density at radius 3 is 2.15 bits per heavy atom. The molecule has 0 aliphatic heterocycles. The number of aliphatic carboxylic acids is 2. The fraction of sp³-hybridized carbons (Fsp3) is 0.154. The largest absolute Gasteiger partial charge is 0.479 e. The van der Waals surface area contributed by atoms with Gasteiger partial charge in [0.25, 0.3) is 0 Å². The Kier molecular flexibility index (Phi) is 5.42. The van der Waals surface area contributed by atoms with Gasteiger partial charge in [0, 0.05) is 6.08 Å². The molecule has 1 rings (SSSR count). The zero-order valence-electron chi connectivity index (χ0n) is 10.2. The van der Waals surface area contributed by atoms with Crippen LogP contribution in [0.4, 0.5) is 0 Å². The van der Waals surface area contributed by atoms with Crippen LogP contribution in [0.3, 0.4) is 0 Å². The number of carboxylic acids is 2. The van der Waals surface area contributed by atoms with Crippen molar-refractivity contribution in [1.82, 2.24) is 0 Å². The van der Waals surface area contributed by atoms with Crippen molar-refractivity contribution in [3.05, 3.63) is 42.0 Å². The van der Waals surface area contributed by atoms with E-state index in [2.05, 4.69) is 4.74 Å². The summed E-state index contributed by atoms with van der Waals surface area (Å²) in [6.07, 6.45) is -2.18. The van der Waals surface area contributed by atoms with Gasteiger partial charge in [0.05, 0.1) is 0 Å². The van der Waals surface area contributed by atoms with Crippen LogP contribution < -0.4 is 0 Å². The van der Waals surface area contributed by atoms with Gasteiger partial charge in [0.1, 0.15) is 0 Å². The highest BCUT2D eigenvalue weighted by molar-refractivity contribution is 5.91. The Morgan fingerprint density at radius 2 is 1.65 bits per heavy atom. The minimum atomic E-state index is -2.33. The maximum atomic E-state index is 11.4. The summed E-state index contributed by atoms with van der Waals surface area (Å²) in [5, 5.41) is 26.3. The van der Waals surface area contributed by atoms with Crippen LogP contribution >= 0.6 is 0 Å². The highest BCUT2D eigenvalue weighted by Crippen LogP contribution is 2.05. The molecular weight excluding hydrogens is 268 g/mol. The van der Waals surface area contributed by atoms with Crippen LogP contribution in [0.25, 0.3) is 6.08 Å². The number of carbonyl (C=O) groups is 3. The lowest BCUT2D eigenvalue weighted by molar-refractivity contribution is -0.176. The first kappa shape index (κ1) is 15.4. The van der Waals surface area contributed by atoms with Crippen LogP contribution in [0.5, 0.6) is 0 Å². The molecule has 7 heteroatoms. The van der Waals surface area contributed by atoms with Gasteiger partial charge in [0.15, 0.2) is 6.10 Å². The molecule has 2 atom stereocenters. The van der Waals surface area contributed by atoms with E-state index >= 15 is 0 Å². The van der Waals surface area contributed by atoms with Crippen molar-refractivity contribution in [2.75, 3.05) is 0 Å². The van der Waals surface area contributed by atoms with Crippen LogP contribution in [-0.4, -0.2) is 45.4 Å². The molecule has 1 aromatic rings. The lowest BCUT2D eigenvalue weighted by atomic mass is 10.2. The van der Waals surface area contributed by atoms with Crippen LogP contribution in [-0.2, 0) is 19.1 Å². The normalized spacial score (nSPS) is 13.7. The van der Waals surface area contributed by atoms with Crippen molar-refractivity contribution in [1.29, 1.82) is 0 Å². The molecule has 0 saturated carbocycles. The quantitative estimate of drug-likeness (QED) is 0.500. The third-order valence-electron chi connectivity index (χ3n) is 2.24. The summed E-state index contributed by atoms with van der Waals surface area (Å²) < 4.78 is 4.40. The number of esters is 1. The summed E-state index contributed by atoms with van der Waals surface area (Å²) in [7, 11) is 0. The van der Waals surface area contributed by atoms with E-state index in [1.807, 2.05) is 0 Å². The summed E-state index contributed by atoms with van der Waals surface area (Å²) in [4.78, 5) is 32.6. The third kappa shape index (κ3) is 4.54. The maximum Gasteiger partial charge on any atom is 0.348 e. The van der Waals surface area contributed by atoms with Crippen molar-refractivity contribution in [2.24, 2.45) is 0 Å². The maximum absolute atomic E-state index is 11.4. The van der Waals surface area contributed by atoms with Crippen LogP contribution in [0.1, 0.15) is 5.56 Å². The lowest BCUT2D eigenvalue weighted by Gasteiger charge is -2.15. The highest BCUT2D eigenvalue weighted by atomic mass is 16.6. The summed E-state index contributed by atoms with van der Waals surface area (Å²) in [6, 6.07) is 8.65. The van der Waals surface area contributed by atoms with E-state index in [9.17, 15) is 14.4 Å². The van der Waals surface area contributed by atoms with Crippen molar-refractivity contribution in [2.45, 2.75) is 12.2 Å². The fourth-order valence-corrected chi connectivity index (χ4v) is 1.27. The minimum Gasteiger partial charge on any atom is -0.479 e. The van der Waals surface area contributed by atoms with Gasteiger partial charge < -0.3 is 20.1 Å². The van der Waals surface area contributed by atoms with Crippen molar-refractivity contribution in [3.8, 4) is 0 Å². The van der Waals surface area contributed by atoms with Gasteiger partial charge in [-0.25, -0.2) is 14.4 Å². The van der Waals surface area contributed by atoms with Gasteiger partial charge >= 0.3 is 17.9 Å². The SMILES string of the molecule is O=C(/C=C/c1ccccc1)OC(C(=O)O)C(O)C(=O)O. The molecule has 0 radical (unpaired) electrons. The number of aliphatic hydroxyl groups is 1. The molecule has 1 aromatic carbocycles. The van der Waals surface area contributed by atoms with E-state index in [0.29, 0.717) is 5.56 Å². The number of ether oxygens (including phenoxy) is 1. The van der Waals surface area contributed by atoms with E-state index in [4.69, 9.17) is 15.3 Å². The average molecular weight is 280 g/mol. The molecule has 0 amide bonds. The molecule has 0 spiro atoms. The Hall–Kier alpha value is -2.67. The lowest BCUT2D eigenvalue weighted by Crippen LogP contribution is -2.42. The topological polar surface area (TPSA) is 121 Å². The number of benzene rings is 1. The van der Waals surface area contributed by atoms with Gasteiger partial charge in [-0.3, -0.25) is 0 Å². The molecule has 0 aromatic heterocycles. The van der Waals surface area contributed by atoms with Crippen molar-refractivity contribution >= 4 is 24.0 Å². The number of carbonyl (C=O) groups excluding carboxylic acids is 1. The van der Waals surface area contributed by atoms with Crippen LogP contribution in [0.2, 0.25) is 0 Å². The fourth-order valence-electron chi connectivity index (χ4n) is 1.27. The van der Waals surface area contributed by atoms with Crippen LogP contribution in [0.15, 0.2) is 36.4 Å². The molecule has 2 unspecified atom stereocenters. The molecule has 0 bridgehead atoms. The molecule has 0 aliphatic carbocycles. The molecule has 0 aliphatic rings. The summed E-state index contributed by atoms with van der Waals surface area (Å²) in [5.74, 6) is -4.61. The second-order valence-corrected chi connectivity index (χ2v) is 3.72. The standard InChI is InChI=1S/C13H12O7/c14-9(7-6-8-4-2-1-3-5-8)20-11(13(18)19)10(15)12(16)17/h1-7,10-11,15H,(H,16,17)(H,18,19)/b7-6+. The van der Waals surface area contributed by atoms with E-state index in [-0.39, 0.29) is 0 Å². The Morgan fingerprint density at radius 1 is 1.05 bits per heavy atom. The van der Waals surface area contributed by atoms with E-state index in [0.717, 1.165) is 6.08 Å². The Balaban J connectivity index is 2.70. The Labute approximate surface area is 113 Å². The molecule has 0 fully saturated rings. The van der Waals surface area contributed by atoms with Crippen LogP contribution in [0, 0.1) is 0 Å². The first-order valence-electron chi connectivity index (χ1n) is 5.49. The summed E-state index contributed by atoms with van der Waals surface area (Å²) in [6.45, 7) is 0. The predicted molar refractivity (Wildman–Crippen MR) is 66.6 cm³/mol. The van der Waals surface area contributed by atoms with Crippen molar-refractivity contribution < 1.29 is 34.4 Å². The zero-order valence-corrected chi connectivity index (χ0v) is 10.2. The molecule has 7 nitrogen and oxygen atoms in total. The molecule has 3 N–H and O–H groups in total. The van der Waals surface area contributed by atoms with Gasteiger partial charge in [-0.2, -0.15) is 0 Å². The van der Waals surface area contributed by atoms with Gasteiger partial charge in [-0.15, -0.1) is 0 Å². The first-order chi connectivity index (χ1) is 9.41. The molecule has 0 heterocycles. The number of carboxylic acid groups (broad SMARTS) is 2. The van der Waals surface area contributed by atoms with Gasteiger partial charge in [0.2, 0.25) is 6.10 Å². The molecular formula is C13H12O7. The summed E-state index contributed by atoms with van der Waals surface area (Å²) >= 11 is 0. The van der Waals surface area contributed by atoms with Crippen molar-refractivity contribution in [3.63, 3.8) is 0 Å².